The third-order valence-corrected chi connectivity index (χ3v) is 9.22. The summed E-state index contributed by atoms with van der Waals surface area (Å²) in [5, 5.41) is 39.7. The number of primary amides is 1. The van der Waals surface area contributed by atoms with Gasteiger partial charge in [-0.15, -0.1) is 0 Å². The van der Waals surface area contributed by atoms with Gasteiger partial charge in [0.2, 0.25) is 23.6 Å². The van der Waals surface area contributed by atoms with Gasteiger partial charge in [0, 0.05) is 13.0 Å². The van der Waals surface area contributed by atoms with E-state index in [1.165, 1.54) is 24.3 Å². The highest BCUT2D eigenvalue weighted by molar-refractivity contribution is 6.32. The van der Waals surface area contributed by atoms with Crippen molar-refractivity contribution >= 4 is 58.2 Å². The summed E-state index contributed by atoms with van der Waals surface area (Å²) in [5.74, 6) is -10.2. The second-order valence-corrected chi connectivity index (χ2v) is 13.2. The van der Waals surface area contributed by atoms with Crippen LogP contribution < -0.4 is 31.7 Å². The van der Waals surface area contributed by atoms with Crippen molar-refractivity contribution in [3.05, 3.63) is 77.9 Å². The molecule has 17 nitrogen and oxygen atoms in total. The Morgan fingerprint density at radius 1 is 0.764 bits per heavy atom. The van der Waals surface area contributed by atoms with E-state index in [0.29, 0.717) is 31.2 Å². The number of benzene rings is 3. The topological polar surface area (TPSA) is 281 Å². The van der Waals surface area contributed by atoms with Crippen molar-refractivity contribution in [3.63, 3.8) is 0 Å². The van der Waals surface area contributed by atoms with E-state index in [0.717, 1.165) is 22.8 Å². The number of rotatable bonds is 18. The molecule has 1 saturated carbocycles. The van der Waals surface area contributed by atoms with Crippen molar-refractivity contribution in [2.24, 2.45) is 5.73 Å². The van der Waals surface area contributed by atoms with E-state index in [1.54, 1.807) is 0 Å². The monoisotopic (exact) mass is 761 g/mol. The maximum Gasteiger partial charge on any atom is 0.394 e. The highest BCUT2D eigenvalue weighted by atomic mass is 16.5. The molecule has 5 amide bonds. The fraction of sp³-hybridized carbons (Fsp3) is 0.368. The highest BCUT2D eigenvalue weighted by Crippen LogP contribution is 2.29. The van der Waals surface area contributed by atoms with Crippen molar-refractivity contribution < 1.29 is 58.4 Å². The molecule has 4 rings (SSSR count). The first-order valence-electron chi connectivity index (χ1n) is 17.6. The lowest BCUT2D eigenvalue weighted by Crippen LogP contribution is -2.65. The predicted octanol–water partition coefficient (Wildman–Crippen LogP) is 0.797. The number of nitrogens with one attached hydrogen (secondary N) is 4. The van der Waals surface area contributed by atoms with E-state index in [-0.39, 0.29) is 31.6 Å². The number of carbonyl (C=O) groups is 8. The largest absolute Gasteiger partial charge is 0.478 e. The first kappa shape index (κ1) is 41.2. The van der Waals surface area contributed by atoms with Crippen LogP contribution in [0.1, 0.15) is 56.1 Å². The maximum absolute atomic E-state index is 14.0. The Morgan fingerprint density at radius 2 is 1.42 bits per heavy atom. The van der Waals surface area contributed by atoms with E-state index in [2.05, 4.69) is 21.3 Å². The van der Waals surface area contributed by atoms with Gasteiger partial charge < -0.3 is 47.1 Å². The summed E-state index contributed by atoms with van der Waals surface area (Å²) < 4.78 is 4.99. The smallest absolute Gasteiger partial charge is 0.394 e. The molecule has 0 heterocycles. The van der Waals surface area contributed by atoms with Crippen molar-refractivity contribution in [3.8, 4) is 5.75 Å². The minimum atomic E-state index is -2.19. The molecule has 1 aliphatic carbocycles. The minimum Gasteiger partial charge on any atom is -0.478 e. The summed E-state index contributed by atoms with van der Waals surface area (Å²) in [6.07, 6.45) is 0.152. The third kappa shape index (κ3) is 11.5. The fourth-order valence-corrected chi connectivity index (χ4v) is 6.43. The van der Waals surface area contributed by atoms with Gasteiger partial charge in [0.1, 0.15) is 23.4 Å². The molecule has 9 N–H and O–H groups in total. The van der Waals surface area contributed by atoms with Gasteiger partial charge >= 0.3 is 23.8 Å². The molecule has 3 aromatic carbocycles. The first-order chi connectivity index (χ1) is 26.2. The molecule has 0 saturated heterocycles. The Morgan fingerprint density at radius 3 is 2.05 bits per heavy atom. The number of aliphatic carboxylic acids is 3. The summed E-state index contributed by atoms with van der Waals surface area (Å²) >= 11 is 0. The third-order valence-electron chi connectivity index (χ3n) is 9.22. The lowest BCUT2D eigenvalue weighted by Gasteiger charge is -2.38. The molecule has 17 heteroatoms. The van der Waals surface area contributed by atoms with Gasteiger partial charge in [-0.05, 0) is 59.7 Å². The molecule has 0 aliphatic heterocycles. The van der Waals surface area contributed by atoms with Crippen LogP contribution in [0.3, 0.4) is 0 Å². The van der Waals surface area contributed by atoms with Crippen LogP contribution in [0.2, 0.25) is 0 Å². The van der Waals surface area contributed by atoms with Crippen LogP contribution in [0.25, 0.3) is 10.8 Å². The molecule has 55 heavy (non-hydrogen) atoms. The molecular formula is C38H43N5O12. The quantitative estimate of drug-likeness (QED) is 0.0508. The van der Waals surface area contributed by atoms with Gasteiger partial charge in [0.25, 0.3) is 6.10 Å². The number of aryl methyl sites for hydroxylation is 1. The summed E-state index contributed by atoms with van der Waals surface area (Å²) in [4.78, 5) is 99.1. The molecule has 1 fully saturated rings. The number of hydrogen-bond donors (Lipinski definition) is 8. The summed E-state index contributed by atoms with van der Waals surface area (Å²) in [7, 11) is 0. The Kier molecular flexibility index (Phi) is 14.2. The average molecular weight is 762 g/mol. The Hall–Kier alpha value is -6.52. The van der Waals surface area contributed by atoms with Crippen molar-refractivity contribution in [1.29, 1.82) is 0 Å². The number of carbonyl (C=O) groups excluding carboxylic acids is 5. The van der Waals surface area contributed by atoms with Gasteiger partial charge in [-0.2, -0.15) is 0 Å². The Labute approximate surface area is 315 Å². The standard InChI is InChI=1S/C38H43N5O12/c39-29(44)21-28(31(45)40-19-7-11-24-10-6-9-23-8-2-3-12-26(23)24)42-37(54)38(17-4-1-5-18-38)43-32(46)27(41-33(47)36(52)53)20-22-13-15-25(16-14-22)55-30(34(48)49)35(50)51/h2-3,6,8-10,12-16,27-28,30H,1,4-5,7,11,17-21H2,(H2,39,44)(H,40,45)(H,41,47)(H,42,54)(H,43,46)(H,48,49)(H,50,51)(H,52,53)/t27-,28-/m0/s1. The van der Waals surface area contributed by atoms with Crippen LogP contribution in [0.15, 0.2) is 66.7 Å². The zero-order chi connectivity index (χ0) is 40.1. The van der Waals surface area contributed by atoms with Gasteiger partial charge in [-0.25, -0.2) is 14.4 Å². The molecular weight excluding hydrogens is 718 g/mol. The normalized spacial score (nSPS) is 14.5. The van der Waals surface area contributed by atoms with Crippen molar-refractivity contribution in [2.75, 3.05) is 6.54 Å². The summed E-state index contributed by atoms with van der Waals surface area (Å²) in [5.41, 5.74) is 5.25. The number of hydrogen-bond acceptors (Lipinski definition) is 9. The Balaban J connectivity index is 1.46. The molecule has 0 aromatic heterocycles. The molecule has 2 atom stereocenters. The summed E-state index contributed by atoms with van der Waals surface area (Å²) in [6, 6.07) is 16.1. The lowest BCUT2D eigenvalue weighted by atomic mass is 9.80. The molecule has 292 valence electrons. The summed E-state index contributed by atoms with van der Waals surface area (Å²) in [6.45, 7) is 0.229. The van der Waals surface area contributed by atoms with Crippen LogP contribution in [0.5, 0.6) is 5.75 Å². The maximum atomic E-state index is 14.0. The van der Waals surface area contributed by atoms with E-state index in [9.17, 15) is 43.5 Å². The zero-order valence-electron chi connectivity index (χ0n) is 29.7. The van der Waals surface area contributed by atoms with Crippen LogP contribution in [0.4, 0.5) is 0 Å². The zero-order valence-corrected chi connectivity index (χ0v) is 29.7. The molecule has 0 bridgehead atoms. The van der Waals surface area contributed by atoms with Gasteiger partial charge in [-0.3, -0.25) is 24.0 Å². The number of ether oxygens (including phenoxy) is 1. The van der Waals surface area contributed by atoms with Crippen LogP contribution >= 0.6 is 0 Å². The lowest BCUT2D eigenvalue weighted by molar-refractivity contribution is -0.159. The number of carboxylic acids is 3. The second kappa shape index (κ2) is 19.0. The highest BCUT2D eigenvalue weighted by Gasteiger charge is 2.44. The van der Waals surface area contributed by atoms with Crippen molar-refractivity contribution in [1.82, 2.24) is 21.3 Å². The van der Waals surface area contributed by atoms with Crippen LogP contribution in [-0.2, 0) is 51.2 Å². The van der Waals surface area contributed by atoms with Gasteiger partial charge in [-0.1, -0.05) is 73.9 Å². The van der Waals surface area contributed by atoms with Gasteiger partial charge in [0.15, 0.2) is 0 Å². The average Bonchev–Trinajstić information content (AvgIpc) is 3.15. The Bertz CT molecular complexity index is 1910. The van der Waals surface area contributed by atoms with Crippen LogP contribution in [0, 0.1) is 0 Å². The minimum absolute atomic E-state index is 0.125. The number of carboxylic acid groups (broad SMARTS) is 3. The molecule has 0 unspecified atom stereocenters. The molecule has 1 aliphatic rings. The number of nitrogens with two attached hydrogens (primary N) is 1. The second-order valence-electron chi connectivity index (χ2n) is 13.2. The molecule has 3 aromatic rings. The van der Waals surface area contributed by atoms with E-state index in [1.807, 2.05) is 42.5 Å². The molecule has 0 spiro atoms. The number of amides is 5. The van der Waals surface area contributed by atoms with Crippen LogP contribution in [-0.4, -0.2) is 93.0 Å². The van der Waals surface area contributed by atoms with E-state index < -0.39 is 77.6 Å². The van der Waals surface area contributed by atoms with Crippen molar-refractivity contribution in [2.45, 2.75) is 81.5 Å². The SMILES string of the molecule is NC(=O)C[C@H](NC(=O)C1(NC(=O)[C@H](Cc2ccc(OC(C(=O)O)C(=O)O)cc2)NC(=O)C(=O)O)CCCCC1)C(=O)NCCCc1cccc2ccccc12. The van der Waals surface area contributed by atoms with E-state index >= 15 is 0 Å². The fourth-order valence-electron chi connectivity index (χ4n) is 6.43. The van der Waals surface area contributed by atoms with Gasteiger partial charge in [0.05, 0.1) is 6.42 Å². The first-order valence-corrected chi connectivity index (χ1v) is 17.6. The molecule has 0 radical (unpaired) electrons. The van der Waals surface area contributed by atoms with E-state index in [4.69, 9.17) is 20.7 Å². The number of fused-ring (bicyclic) bond motifs is 1. The predicted molar refractivity (Wildman–Crippen MR) is 194 cm³/mol.